The van der Waals surface area contributed by atoms with Gasteiger partial charge in [-0.15, -0.1) is 0 Å². The van der Waals surface area contributed by atoms with E-state index >= 15 is 0 Å². The van der Waals surface area contributed by atoms with Gasteiger partial charge in [0.25, 0.3) is 0 Å². The summed E-state index contributed by atoms with van der Waals surface area (Å²) in [4.78, 5) is 22.4. The van der Waals surface area contributed by atoms with E-state index in [1.807, 2.05) is 24.3 Å². The molecule has 0 amide bonds. The lowest BCUT2D eigenvalue weighted by Gasteiger charge is -2.32. The lowest BCUT2D eigenvalue weighted by atomic mass is 10.0. The molecule has 318 valence electrons. The predicted molar refractivity (Wildman–Crippen MR) is 252 cm³/mol. The van der Waals surface area contributed by atoms with Gasteiger partial charge in [0.2, 0.25) is 0 Å². The maximum absolute atomic E-state index is 6.51. The van der Waals surface area contributed by atoms with Crippen molar-refractivity contribution in [3.63, 3.8) is 0 Å². The highest BCUT2D eigenvalue weighted by Gasteiger charge is 2.37. The van der Waals surface area contributed by atoms with Gasteiger partial charge in [0, 0.05) is 55.3 Å². The van der Waals surface area contributed by atoms with Gasteiger partial charge in [-0.2, -0.15) is 0 Å². The van der Waals surface area contributed by atoms with Gasteiger partial charge in [0.1, 0.15) is 5.82 Å². The third kappa shape index (κ3) is 9.27. The van der Waals surface area contributed by atoms with Crippen LogP contribution in [-0.2, 0) is 48.0 Å². The molecular weight excluding hydrogens is 846 g/mol. The Balaban J connectivity index is 0.000000184. The molecule has 8 nitrogen and oxygen atoms in total. The van der Waals surface area contributed by atoms with Crippen LogP contribution in [0.3, 0.4) is 0 Å². The summed E-state index contributed by atoms with van der Waals surface area (Å²) in [7, 11) is 5.64. The van der Waals surface area contributed by atoms with Crippen molar-refractivity contribution >= 4 is 58.0 Å². The van der Waals surface area contributed by atoms with Crippen molar-refractivity contribution < 1.29 is 9.47 Å². The number of fused-ring (bicyclic) bond motifs is 2. The molecular formula is C49H52Cl4N6O2. The molecule has 12 heteroatoms. The van der Waals surface area contributed by atoms with Crippen LogP contribution in [0.5, 0.6) is 0 Å². The largest absolute Gasteiger partial charge is 0.379 e. The number of anilines is 2. The summed E-state index contributed by atoms with van der Waals surface area (Å²) in [6.07, 6.45) is 4.93. The molecule has 4 aromatic carbocycles. The van der Waals surface area contributed by atoms with Crippen LogP contribution in [0, 0.1) is 0 Å². The van der Waals surface area contributed by atoms with Crippen molar-refractivity contribution in [1.82, 2.24) is 19.9 Å². The minimum Gasteiger partial charge on any atom is -0.379 e. The fraction of sp³-hybridized carbons (Fsp3) is 0.347. The molecule has 0 saturated heterocycles. The molecule has 0 saturated carbocycles. The summed E-state index contributed by atoms with van der Waals surface area (Å²) in [5.74, 6) is 1.71. The predicted octanol–water partition coefficient (Wildman–Crippen LogP) is 12.6. The smallest absolute Gasteiger partial charge is 0.151 e. The number of likely N-dealkylation sites (N-methyl/N-ethyl adjacent to an activating group) is 1. The van der Waals surface area contributed by atoms with E-state index in [4.69, 9.17) is 75.8 Å². The quantitative estimate of drug-likeness (QED) is 0.130. The molecule has 0 bridgehead atoms. The Kier molecular flexibility index (Phi) is 14.6. The number of aryl methyl sites for hydroxylation is 4. The van der Waals surface area contributed by atoms with Gasteiger partial charge in [0.05, 0.1) is 68.5 Å². The number of halogens is 4. The molecule has 0 fully saturated rings. The van der Waals surface area contributed by atoms with Crippen LogP contribution < -0.4 is 10.2 Å². The molecule has 0 unspecified atom stereocenters. The number of nitrogens with one attached hydrogen (secondary N) is 1. The maximum Gasteiger partial charge on any atom is 0.151 e. The van der Waals surface area contributed by atoms with Gasteiger partial charge in [0.15, 0.2) is 5.82 Å². The van der Waals surface area contributed by atoms with Crippen molar-refractivity contribution in [2.75, 3.05) is 31.5 Å². The first-order chi connectivity index (χ1) is 29.5. The highest BCUT2D eigenvalue weighted by Crippen LogP contribution is 2.41. The molecule has 8 rings (SSSR count). The molecule has 0 radical (unpaired) electrons. The molecule has 0 spiro atoms. The Bertz CT molecular complexity index is 2520. The van der Waals surface area contributed by atoms with Gasteiger partial charge >= 0.3 is 0 Å². The van der Waals surface area contributed by atoms with E-state index in [0.717, 1.165) is 95.5 Å². The van der Waals surface area contributed by atoms with Gasteiger partial charge in [-0.3, -0.25) is 0 Å². The number of hydrogen-bond donors (Lipinski definition) is 1. The Morgan fingerprint density at radius 2 is 1.08 bits per heavy atom. The minimum atomic E-state index is 0.0421. The molecule has 2 heterocycles. The Morgan fingerprint density at radius 1 is 0.590 bits per heavy atom. The van der Waals surface area contributed by atoms with Crippen molar-refractivity contribution in [1.29, 1.82) is 0 Å². The van der Waals surface area contributed by atoms with Crippen molar-refractivity contribution in [3.8, 4) is 22.5 Å². The third-order valence-corrected chi connectivity index (χ3v) is 12.8. The average molecular weight is 899 g/mol. The lowest BCUT2D eigenvalue weighted by Crippen LogP contribution is -2.34. The van der Waals surface area contributed by atoms with Gasteiger partial charge in [-0.05, 0) is 84.3 Å². The fourth-order valence-corrected chi connectivity index (χ4v) is 9.60. The zero-order valence-corrected chi connectivity index (χ0v) is 38.7. The van der Waals surface area contributed by atoms with Crippen molar-refractivity contribution in [2.24, 2.45) is 0 Å². The first kappa shape index (κ1) is 44.8. The molecule has 1 N–H and O–H groups in total. The number of methoxy groups -OCH3 is 2. The fourth-order valence-electron chi connectivity index (χ4n) is 8.60. The zero-order valence-electron chi connectivity index (χ0n) is 35.7. The lowest BCUT2D eigenvalue weighted by molar-refractivity contribution is 0.0889. The van der Waals surface area contributed by atoms with E-state index in [2.05, 4.69) is 93.5 Å². The molecule has 0 aliphatic heterocycles. The van der Waals surface area contributed by atoms with Gasteiger partial charge in [-0.25, -0.2) is 19.9 Å². The van der Waals surface area contributed by atoms with Crippen LogP contribution in [0.25, 0.3) is 22.5 Å². The van der Waals surface area contributed by atoms with Crippen LogP contribution in [0.1, 0.15) is 84.8 Å². The van der Waals surface area contributed by atoms with Crippen LogP contribution in [-0.4, -0.2) is 53.4 Å². The SMILES string of the molecule is CCc1nc(-c2ccc(Cl)cc2Cl)c(CC)nc1N[C@@H]1c2ccccc2C[C@H]1OC.CCc1nc(N(C)[C@@H]2c3ccccc3C[C@H]2OC)c(CC)nc1-c1ccc(Cl)cc1Cl. The second kappa shape index (κ2) is 19.8. The van der Waals surface area contributed by atoms with E-state index in [-0.39, 0.29) is 24.3 Å². The average Bonchev–Trinajstić information content (AvgIpc) is 3.84. The Morgan fingerprint density at radius 3 is 1.62 bits per heavy atom. The van der Waals surface area contributed by atoms with Crippen LogP contribution in [0.2, 0.25) is 20.1 Å². The van der Waals surface area contributed by atoms with Crippen LogP contribution >= 0.6 is 46.4 Å². The number of aromatic nitrogens is 4. The normalized spacial score (nSPS) is 17.7. The summed E-state index contributed by atoms with van der Waals surface area (Å²) in [5, 5.41) is 6.03. The number of ether oxygens (including phenoxy) is 2. The molecule has 4 atom stereocenters. The second-order valence-electron chi connectivity index (χ2n) is 15.3. The number of benzene rings is 4. The highest BCUT2D eigenvalue weighted by atomic mass is 35.5. The van der Waals surface area contributed by atoms with Crippen LogP contribution in [0.4, 0.5) is 11.6 Å². The minimum absolute atomic E-state index is 0.0421. The number of nitrogens with zero attached hydrogens (tertiary/aromatic N) is 5. The highest BCUT2D eigenvalue weighted by molar-refractivity contribution is 6.37. The maximum atomic E-state index is 6.51. The molecule has 2 aliphatic rings. The third-order valence-electron chi connectivity index (χ3n) is 11.8. The molecule has 2 aromatic heterocycles. The molecule has 6 aromatic rings. The van der Waals surface area contributed by atoms with E-state index in [9.17, 15) is 0 Å². The molecule has 2 aliphatic carbocycles. The van der Waals surface area contributed by atoms with Gasteiger partial charge in [-0.1, -0.05) is 123 Å². The van der Waals surface area contributed by atoms with Gasteiger partial charge < -0.3 is 19.7 Å². The summed E-state index contributed by atoms with van der Waals surface area (Å²) in [5.41, 5.74) is 12.2. The topological polar surface area (TPSA) is 85.3 Å². The first-order valence-corrected chi connectivity index (χ1v) is 22.5. The monoisotopic (exact) mass is 896 g/mol. The standard InChI is InChI=1S/C25H27Cl2N3O.C24H25Cl2N3O/c1-5-20-23(18-12-11-16(26)14-19(18)27)28-21(6-2)25(29-20)30(3)24-17-10-8-7-9-15(17)13-22(24)31-4;1-4-19-22(17-11-10-15(25)13-18(17)26)27-20(5-2)24(28-19)29-23-16-9-7-6-8-14(16)12-21(23)30-3/h7-12,14,22,24H,5-6,13H2,1-4H3;6-11,13,21,23H,4-5,12H2,1-3H3,(H,28,29)/t22-,24-;21-,23-/m11/s1. The van der Waals surface area contributed by atoms with Crippen molar-refractivity contribution in [3.05, 3.63) is 150 Å². The zero-order chi connectivity index (χ0) is 43.4. The van der Waals surface area contributed by atoms with E-state index < -0.39 is 0 Å². The molecule has 61 heavy (non-hydrogen) atoms. The summed E-state index contributed by atoms with van der Waals surface area (Å²) < 4.78 is 11.7. The summed E-state index contributed by atoms with van der Waals surface area (Å²) in [6, 6.07) is 28.2. The van der Waals surface area contributed by atoms with Crippen LogP contribution in [0.15, 0.2) is 84.9 Å². The van der Waals surface area contributed by atoms with E-state index in [1.165, 1.54) is 22.3 Å². The first-order valence-electron chi connectivity index (χ1n) is 20.9. The summed E-state index contributed by atoms with van der Waals surface area (Å²) >= 11 is 25.2. The number of hydrogen-bond acceptors (Lipinski definition) is 8. The van der Waals surface area contributed by atoms with Crippen molar-refractivity contribution in [2.45, 2.75) is 90.5 Å². The Hall–Kier alpha value is -4.28. The Labute approximate surface area is 380 Å². The van der Waals surface area contributed by atoms with E-state index in [1.54, 1.807) is 26.4 Å². The number of rotatable bonds is 12. The summed E-state index contributed by atoms with van der Waals surface area (Å²) in [6.45, 7) is 8.37. The second-order valence-corrected chi connectivity index (χ2v) is 17.0. The van der Waals surface area contributed by atoms with E-state index in [0.29, 0.717) is 20.1 Å².